The van der Waals surface area contributed by atoms with Crippen molar-refractivity contribution in [2.24, 2.45) is 10.9 Å². The zero-order valence-corrected chi connectivity index (χ0v) is 9.75. The first-order valence-corrected chi connectivity index (χ1v) is 5.64. The lowest BCUT2D eigenvalue weighted by molar-refractivity contribution is 0.538. The third-order valence-electron chi connectivity index (χ3n) is 3.14. The molecule has 1 aliphatic heterocycles. The second-order valence-corrected chi connectivity index (χ2v) is 4.56. The average molecular weight is 202 g/mol. The molecule has 0 saturated heterocycles. The van der Waals surface area contributed by atoms with E-state index in [1.165, 1.54) is 23.3 Å². The molecule has 0 N–H and O–H groups in total. The highest BCUT2D eigenvalue weighted by atomic mass is 14.8. The van der Waals surface area contributed by atoms with E-state index in [0.29, 0.717) is 0 Å². The molecule has 2 heteroatoms. The van der Waals surface area contributed by atoms with Gasteiger partial charge >= 0.3 is 0 Å². The molecule has 2 nitrogen and oxygen atoms in total. The van der Waals surface area contributed by atoms with E-state index in [4.69, 9.17) is 0 Å². The maximum absolute atomic E-state index is 4.63. The molecule has 0 bridgehead atoms. The number of aliphatic imine (C=N–C) groups is 1. The fraction of sp³-hybridized carbons (Fsp3) is 0.538. The van der Waals surface area contributed by atoms with Crippen LogP contribution in [0.5, 0.6) is 0 Å². The number of rotatable bonds is 1. The summed E-state index contributed by atoms with van der Waals surface area (Å²) in [5.74, 6) is 0.744. The molecule has 1 unspecified atom stereocenters. The highest BCUT2D eigenvalue weighted by molar-refractivity contribution is 6.00. The summed E-state index contributed by atoms with van der Waals surface area (Å²) in [6.07, 6.45) is 4.31. The van der Waals surface area contributed by atoms with Crippen LogP contribution in [0.4, 0.5) is 0 Å². The minimum atomic E-state index is 0.744. The van der Waals surface area contributed by atoms with Crippen LogP contribution in [-0.4, -0.2) is 17.2 Å². The van der Waals surface area contributed by atoms with Crippen LogP contribution in [0.15, 0.2) is 17.3 Å². The van der Waals surface area contributed by atoms with E-state index in [9.17, 15) is 0 Å². The fourth-order valence-electron chi connectivity index (χ4n) is 1.86. The molecule has 1 aromatic rings. The Morgan fingerprint density at radius 2 is 2.13 bits per heavy atom. The molecule has 0 amide bonds. The van der Waals surface area contributed by atoms with Gasteiger partial charge in [0.25, 0.3) is 0 Å². The lowest BCUT2D eigenvalue weighted by Gasteiger charge is -2.17. The molecule has 0 radical (unpaired) electrons. The molecule has 0 fully saturated rings. The van der Waals surface area contributed by atoms with E-state index < -0.39 is 0 Å². The van der Waals surface area contributed by atoms with Crippen LogP contribution in [0.25, 0.3) is 0 Å². The maximum atomic E-state index is 4.63. The first-order chi connectivity index (χ1) is 7.16. The van der Waals surface area contributed by atoms with Crippen LogP contribution >= 0.6 is 0 Å². The summed E-state index contributed by atoms with van der Waals surface area (Å²) in [4.78, 5) is 9.02. The van der Waals surface area contributed by atoms with Crippen molar-refractivity contribution in [1.29, 1.82) is 0 Å². The van der Waals surface area contributed by atoms with E-state index >= 15 is 0 Å². The van der Waals surface area contributed by atoms with Gasteiger partial charge in [0.15, 0.2) is 0 Å². The fourth-order valence-corrected chi connectivity index (χ4v) is 1.86. The van der Waals surface area contributed by atoms with Gasteiger partial charge in [0.05, 0.1) is 0 Å². The van der Waals surface area contributed by atoms with Crippen molar-refractivity contribution in [2.75, 3.05) is 6.54 Å². The van der Waals surface area contributed by atoms with Gasteiger partial charge in [-0.1, -0.05) is 6.92 Å². The summed E-state index contributed by atoms with van der Waals surface area (Å²) in [5.41, 5.74) is 4.83. The quantitative estimate of drug-likeness (QED) is 0.687. The van der Waals surface area contributed by atoms with Crippen molar-refractivity contribution >= 4 is 5.71 Å². The first kappa shape index (κ1) is 10.3. The molecule has 0 aliphatic carbocycles. The lowest BCUT2D eigenvalue weighted by Crippen LogP contribution is -2.14. The molecule has 80 valence electrons. The van der Waals surface area contributed by atoms with Crippen molar-refractivity contribution in [3.05, 3.63) is 29.1 Å². The van der Waals surface area contributed by atoms with Crippen molar-refractivity contribution < 1.29 is 0 Å². The smallest absolute Gasteiger partial charge is 0.0436 e. The average Bonchev–Trinajstić information content (AvgIpc) is 2.23. The molecular formula is C13H18N2. The van der Waals surface area contributed by atoms with Crippen LogP contribution < -0.4 is 0 Å². The standard InChI is InChI=1S/C13H18N2/c1-9-4-5-13(15-7-9)12-6-10(2)11(3)14-8-12/h6,8-9H,4-5,7H2,1-3H3. The van der Waals surface area contributed by atoms with E-state index in [1.54, 1.807) is 0 Å². The number of hydrogen-bond donors (Lipinski definition) is 0. The first-order valence-electron chi connectivity index (χ1n) is 5.64. The zero-order valence-electron chi connectivity index (χ0n) is 9.75. The maximum Gasteiger partial charge on any atom is 0.0436 e. The number of hydrogen-bond acceptors (Lipinski definition) is 2. The van der Waals surface area contributed by atoms with E-state index in [0.717, 1.165) is 24.6 Å². The third-order valence-corrected chi connectivity index (χ3v) is 3.14. The molecule has 0 aromatic carbocycles. The Labute approximate surface area is 91.5 Å². The molecule has 0 spiro atoms. The van der Waals surface area contributed by atoms with Gasteiger partial charge in [0.2, 0.25) is 0 Å². The minimum Gasteiger partial charge on any atom is -0.289 e. The topological polar surface area (TPSA) is 25.2 Å². The molecule has 1 aliphatic rings. The van der Waals surface area contributed by atoms with Crippen molar-refractivity contribution in [2.45, 2.75) is 33.6 Å². The molecule has 1 aromatic heterocycles. The predicted molar refractivity (Wildman–Crippen MR) is 63.5 cm³/mol. The van der Waals surface area contributed by atoms with Gasteiger partial charge in [-0.3, -0.25) is 9.98 Å². The summed E-state index contributed by atoms with van der Waals surface area (Å²) >= 11 is 0. The Morgan fingerprint density at radius 3 is 2.73 bits per heavy atom. The number of aromatic nitrogens is 1. The van der Waals surface area contributed by atoms with Gasteiger partial charge in [-0.25, -0.2) is 0 Å². The van der Waals surface area contributed by atoms with E-state index in [-0.39, 0.29) is 0 Å². The molecule has 0 saturated carbocycles. The van der Waals surface area contributed by atoms with Gasteiger partial charge in [-0.2, -0.15) is 0 Å². The molecule has 1 atom stereocenters. The van der Waals surface area contributed by atoms with Crippen LogP contribution in [0, 0.1) is 19.8 Å². The largest absolute Gasteiger partial charge is 0.289 e. The summed E-state index contributed by atoms with van der Waals surface area (Å²) in [5, 5.41) is 0. The monoisotopic (exact) mass is 202 g/mol. The Hall–Kier alpha value is -1.18. The molecular weight excluding hydrogens is 184 g/mol. The van der Waals surface area contributed by atoms with E-state index in [1.807, 2.05) is 13.1 Å². The zero-order chi connectivity index (χ0) is 10.8. The van der Waals surface area contributed by atoms with Crippen LogP contribution in [-0.2, 0) is 0 Å². The second kappa shape index (κ2) is 4.13. The van der Waals surface area contributed by atoms with E-state index in [2.05, 4.69) is 29.9 Å². The number of pyridine rings is 1. The number of nitrogens with zero attached hydrogens (tertiary/aromatic N) is 2. The normalized spacial score (nSPS) is 21.3. The summed E-state index contributed by atoms with van der Waals surface area (Å²) in [6, 6.07) is 2.21. The van der Waals surface area contributed by atoms with Crippen LogP contribution in [0.1, 0.15) is 36.6 Å². The summed E-state index contributed by atoms with van der Waals surface area (Å²) in [7, 11) is 0. The van der Waals surface area contributed by atoms with Crippen molar-refractivity contribution in [1.82, 2.24) is 4.98 Å². The van der Waals surface area contributed by atoms with Crippen LogP contribution in [0.2, 0.25) is 0 Å². The predicted octanol–water partition coefficient (Wildman–Crippen LogP) is 2.92. The van der Waals surface area contributed by atoms with Crippen molar-refractivity contribution in [3.8, 4) is 0 Å². The minimum absolute atomic E-state index is 0.744. The van der Waals surface area contributed by atoms with Gasteiger partial charge in [0.1, 0.15) is 0 Å². The molecule has 15 heavy (non-hydrogen) atoms. The summed E-state index contributed by atoms with van der Waals surface area (Å²) < 4.78 is 0. The third kappa shape index (κ3) is 2.25. The second-order valence-electron chi connectivity index (χ2n) is 4.56. The summed E-state index contributed by atoms with van der Waals surface area (Å²) in [6.45, 7) is 7.39. The van der Waals surface area contributed by atoms with Gasteiger partial charge in [-0.05, 0) is 44.2 Å². The Balaban J connectivity index is 2.26. The SMILES string of the molecule is Cc1cc(C2=NCC(C)CC2)cnc1C. The highest BCUT2D eigenvalue weighted by Gasteiger charge is 2.13. The Morgan fingerprint density at radius 1 is 1.33 bits per heavy atom. The Kier molecular flexibility index (Phi) is 2.85. The Bertz CT molecular complexity index is 394. The highest BCUT2D eigenvalue weighted by Crippen LogP contribution is 2.18. The molecule has 2 rings (SSSR count). The van der Waals surface area contributed by atoms with Gasteiger partial charge in [-0.15, -0.1) is 0 Å². The number of aryl methyl sites for hydroxylation is 2. The van der Waals surface area contributed by atoms with Crippen LogP contribution in [0.3, 0.4) is 0 Å². The lowest BCUT2D eigenvalue weighted by atomic mass is 9.96. The van der Waals surface area contributed by atoms with Gasteiger partial charge in [0, 0.05) is 29.7 Å². The van der Waals surface area contributed by atoms with Gasteiger partial charge < -0.3 is 0 Å². The molecule has 2 heterocycles. The van der Waals surface area contributed by atoms with Crippen molar-refractivity contribution in [3.63, 3.8) is 0 Å².